The van der Waals surface area contributed by atoms with E-state index in [0.717, 1.165) is 0 Å². The predicted octanol–water partition coefficient (Wildman–Crippen LogP) is -0.154. The maximum absolute atomic E-state index is 8.80. The molecule has 3 nitrogen and oxygen atoms in total. The van der Waals surface area contributed by atoms with Gasteiger partial charge in [0.1, 0.15) is 0 Å². The van der Waals surface area contributed by atoms with Gasteiger partial charge in [-0.15, -0.1) is 0 Å². The van der Waals surface area contributed by atoms with Crippen LogP contribution >= 0.6 is 0 Å². The molecule has 0 aliphatic rings. The molecule has 0 heterocycles. The third-order valence-corrected chi connectivity index (χ3v) is 0.512. The quantitative estimate of drug-likeness (QED) is 0.518. The van der Waals surface area contributed by atoms with Gasteiger partial charge < -0.3 is 10.6 Å². The molecule has 0 aromatic carbocycles. The van der Waals surface area contributed by atoms with Gasteiger partial charge in [-0.25, -0.2) is 0 Å². The van der Waals surface area contributed by atoms with Crippen molar-refractivity contribution in [2.24, 2.45) is 0 Å². The van der Waals surface area contributed by atoms with Crippen molar-refractivity contribution in [2.45, 2.75) is 25.9 Å². The van der Waals surface area contributed by atoms with E-state index in [9.17, 15) is 0 Å². The molecule has 0 aliphatic heterocycles. The van der Waals surface area contributed by atoms with Gasteiger partial charge in [0.05, 0.1) is 18.1 Å². The SMILES string of the molecule is CC(C)(O)CC#N.O. The Morgan fingerprint density at radius 1 is 1.62 bits per heavy atom. The Morgan fingerprint density at radius 3 is 2.00 bits per heavy atom. The van der Waals surface area contributed by atoms with Gasteiger partial charge in [0.15, 0.2) is 0 Å². The molecule has 0 amide bonds. The first-order valence-electron chi connectivity index (χ1n) is 2.15. The maximum atomic E-state index is 8.80. The molecular formula is C5H11NO2. The fraction of sp³-hybridized carbons (Fsp3) is 0.800. The first-order chi connectivity index (χ1) is 3.06. The smallest absolute Gasteiger partial charge is 0.0721 e. The average molecular weight is 117 g/mol. The van der Waals surface area contributed by atoms with Gasteiger partial charge in [0.25, 0.3) is 0 Å². The highest BCUT2D eigenvalue weighted by Gasteiger charge is 2.09. The summed E-state index contributed by atoms with van der Waals surface area (Å²) < 4.78 is 0. The summed E-state index contributed by atoms with van der Waals surface area (Å²) in [5.74, 6) is 0. The van der Waals surface area contributed by atoms with Gasteiger partial charge >= 0.3 is 0 Å². The maximum Gasteiger partial charge on any atom is 0.0721 e. The van der Waals surface area contributed by atoms with Crippen LogP contribution in [0.3, 0.4) is 0 Å². The van der Waals surface area contributed by atoms with Gasteiger partial charge in [-0.3, -0.25) is 0 Å². The Morgan fingerprint density at radius 2 is 2.00 bits per heavy atom. The molecule has 3 N–H and O–H groups in total. The summed E-state index contributed by atoms with van der Waals surface area (Å²) in [7, 11) is 0. The molecule has 0 saturated carbocycles. The van der Waals surface area contributed by atoms with Crippen LogP contribution in [0.15, 0.2) is 0 Å². The zero-order chi connectivity index (χ0) is 5.91. The molecular weight excluding hydrogens is 106 g/mol. The van der Waals surface area contributed by atoms with Crippen LogP contribution in [0.5, 0.6) is 0 Å². The van der Waals surface area contributed by atoms with E-state index < -0.39 is 5.60 Å². The lowest BCUT2D eigenvalue weighted by Gasteiger charge is -2.09. The molecule has 0 aromatic rings. The summed E-state index contributed by atoms with van der Waals surface area (Å²) in [6.45, 7) is 3.21. The molecule has 0 aliphatic carbocycles. The van der Waals surface area contributed by atoms with Gasteiger partial charge in [0.2, 0.25) is 0 Å². The fourth-order valence-corrected chi connectivity index (χ4v) is 0.193. The number of aliphatic hydroxyl groups is 1. The Bertz CT molecular complexity index is 87.6. The van der Waals surface area contributed by atoms with E-state index in [1.165, 1.54) is 0 Å². The first kappa shape index (κ1) is 10.4. The summed E-state index contributed by atoms with van der Waals surface area (Å²) in [5.41, 5.74) is -0.811. The van der Waals surface area contributed by atoms with Crippen LogP contribution in [0.4, 0.5) is 0 Å². The molecule has 0 saturated heterocycles. The Balaban J connectivity index is 0. The van der Waals surface area contributed by atoms with Crippen molar-refractivity contribution < 1.29 is 10.6 Å². The summed E-state index contributed by atoms with van der Waals surface area (Å²) in [6.07, 6.45) is 0.201. The Labute approximate surface area is 48.9 Å². The monoisotopic (exact) mass is 117 g/mol. The molecule has 0 rings (SSSR count). The Hall–Kier alpha value is -0.590. The summed E-state index contributed by atoms with van der Waals surface area (Å²) in [5, 5.41) is 16.8. The molecule has 0 spiro atoms. The van der Waals surface area contributed by atoms with Gasteiger partial charge in [-0.1, -0.05) is 0 Å². The third kappa shape index (κ3) is 9.05. The van der Waals surface area contributed by atoms with Crippen LogP contribution in [0.2, 0.25) is 0 Å². The molecule has 0 bridgehead atoms. The molecule has 3 heteroatoms. The van der Waals surface area contributed by atoms with E-state index in [2.05, 4.69) is 0 Å². The minimum Gasteiger partial charge on any atom is -0.412 e. The topological polar surface area (TPSA) is 75.5 Å². The molecule has 0 unspecified atom stereocenters. The molecule has 8 heavy (non-hydrogen) atoms. The predicted molar refractivity (Wildman–Crippen MR) is 30.1 cm³/mol. The van der Waals surface area contributed by atoms with Crippen molar-refractivity contribution in [2.75, 3.05) is 0 Å². The van der Waals surface area contributed by atoms with Crippen molar-refractivity contribution in [3.63, 3.8) is 0 Å². The van der Waals surface area contributed by atoms with Crippen molar-refractivity contribution >= 4 is 0 Å². The zero-order valence-corrected chi connectivity index (χ0v) is 5.10. The van der Waals surface area contributed by atoms with Gasteiger partial charge in [-0.05, 0) is 13.8 Å². The summed E-state index contributed by atoms with van der Waals surface area (Å²) in [4.78, 5) is 0. The van der Waals surface area contributed by atoms with Crippen LogP contribution in [0.25, 0.3) is 0 Å². The lowest BCUT2D eigenvalue weighted by Crippen LogP contribution is -2.16. The zero-order valence-electron chi connectivity index (χ0n) is 5.10. The highest BCUT2D eigenvalue weighted by atomic mass is 16.3. The van der Waals surface area contributed by atoms with Crippen molar-refractivity contribution in [3.05, 3.63) is 0 Å². The van der Waals surface area contributed by atoms with Gasteiger partial charge in [-0.2, -0.15) is 5.26 Å². The van der Waals surface area contributed by atoms with Crippen LogP contribution in [-0.2, 0) is 0 Å². The highest BCUT2D eigenvalue weighted by molar-refractivity contribution is 4.80. The molecule has 0 aromatic heterocycles. The largest absolute Gasteiger partial charge is 0.412 e. The minimum atomic E-state index is -0.811. The number of rotatable bonds is 1. The number of hydrogen-bond acceptors (Lipinski definition) is 2. The lowest BCUT2D eigenvalue weighted by molar-refractivity contribution is 0.0857. The second-order valence-corrected chi connectivity index (χ2v) is 2.15. The second kappa shape index (κ2) is 3.42. The van der Waals surface area contributed by atoms with E-state index >= 15 is 0 Å². The second-order valence-electron chi connectivity index (χ2n) is 2.15. The van der Waals surface area contributed by atoms with Crippen molar-refractivity contribution in [3.8, 4) is 6.07 Å². The van der Waals surface area contributed by atoms with Crippen LogP contribution in [0, 0.1) is 11.3 Å². The summed E-state index contributed by atoms with van der Waals surface area (Å²) in [6, 6.07) is 1.86. The van der Waals surface area contributed by atoms with Crippen LogP contribution in [-0.4, -0.2) is 16.2 Å². The molecule has 0 fully saturated rings. The molecule has 48 valence electrons. The Kier molecular flexibility index (Phi) is 4.44. The van der Waals surface area contributed by atoms with Gasteiger partial charge in [0, 0.05) is 0 Å². The minimum absolute atomic E-state index is 0. The summed E-state index contributed by atoms with van der Waals surface area (Å²) >= 11 is 0. The fourth-order valence-electron chi connectivity index (χ4n) is 0.193. The molecule has 0 atom stereocenters. The number of hydrogen-bond donors (Lipinski definition) is 1. The highest BCUT2D eigenvalue weighted by Crippen LogP contribution is 2.03. The van der Waals surface area contributed by atoms with Crippen molar-refractivity contribution in [1.29, 1.82) is 5.26 Å². The van der Waals surface area contributed by atoms with E-state index in [-0.39, 0.29) is 11.9 Å². The van der Waals surface area contributed by atoms with Crippen LogP contribution < -0.4 is 0 Å². The average Bonchev–Trinajstić information content (AvgIpc) is 1.30. The van der Waals surface area contributed by atoms with E-state index in [0.29, 0.717) is 0 Å². The first-order valence-corrected chi connectivity index (χ1v) is 2.15. The van der Waals surface area contributed by atoms with Crippen molar-refractivity contribution in [1.82, 2.24) is 0 Å². The number of nitriles is 1. The lowest BCUT2D eigenvalue weighted by atomic mass is 10.1. The van der Waals surface area contributed by atoms with Crippen LogP contribution in [0.1, 0.15) is 20.3 Å². The van der Waals surface area contributed by atoms with E-state index in [1.54, 1.807) is 13.8 Å². The standard InChI is InChI=1S/C5H9NO.H2O/c1-5(2,7)3-4-6;/h7H,3H2,1-2H3;1H2. The van der Waals surface area contributed by atoms with E-state index in [4.69, 9.17) is 10.4 Å². The number of nitrogens with zero attached hydrogens (tertiary/aromatic N) is 1. The third-order valence-electron chi connectivity index (χ3n) is 0.512. The molecule has 0 radical (unpaired) electrons. The normalized spacial score (nSPS) is 9.25. The van der Waals surface area contributed by atoms with E-state index in [1.807, 2.05) is 6.07 Å².